The predicted octanol–water partition coefficient (Wildman–Crippen LogP) is 2.31. The molecule has 0 bridgehead atoms. The SMILES string of the molecule is CC(C)(C)NC(=O)OC1C[C@@H]2C[C@@H]2C1. The van der Waals surface area contributed by atoms with Crippen LogP contribution in [0.25, 0.3) is 0 Å². The van der Waals surface area contributed by atoms with Crippen molar-refractivity contribution in [1.29, 1.82) is 0 Å². The number of hydrogen-bond donors (Lipinski definition) is 1. The van der Waals surface area contributed by atoms with E-state index in [4.69, 9.17) is 4.74 Å². The average Bonchev–Trinajstić information content (AvgIpc) is 2.54. The summed E-state index contributed by atoms with van der Waals surface area (Å²) >= 11 is 0. The Morgan fingerprint density at radius 3 is 2.29 bits per heavy atom. The maximum atomic E-state index is 11.4. The molecule has 1 N–H and O–H groups in total. The highest BCUT2D eigenvalue weighted by Crippen LogP contribution is 2.52. The molecule has 2 aliphatic carbocycles. The van der Waals surface area contributed by atoms with E-state index >= 15 is 0 Å². The van der Waals surface area contributed by atoms with Gasteiger partial charge in [0.25, 0.3) is 0 Å². The standard InChI is InChI=1S/C11H19NO2/c1-11(2,3)12-10(13)14-9-5-7-4-8(7)6-9/h7-9H,4-6H2,1-3H3,(H,12,13)/t7-,8+,9?. The summed E-state index contributed by atoms with van der Waals surface area (Å²) < 4.78 is 5.34. The molecule has 3 heteroatoms. The van der Waals surface area contributed by atoms with Gasteiger partial charge in [-0.25, -0.2) is 4.79 Å². The second-order valence-corrected chi connectivity index (χ2v) is 5.63. The molecule has 0 aromatic heterocycles. The van der Waals surface area contributed by atoms with Crippen molar-refractivity contribution in [3.63, 3.8) is 0 Å². The minimum Gasteiger partial charge on any atom is -0.446 e. The minimum absolute atomic E-state index is 0.182. The van der Waals surface area contributed by atoms with Gasteiger partial charge in [0.15, 0.2) is 0 Å². The van der Waals surface area contributed by atoms with E-state index in [1.54, 1.807) is 0 Å². The molecule has 2 saturated carbocycles. The number of nitrogens with one attached hydrogen (secondary N) is 1. The van der Waals surface area contributed by atoms with Crippen LogP contribution in [-0.4, -0.2) is 17.7 Å². The second-order valence-electron chi connectivity index (χ2n) is 5.63. The Morgan fingerprint density at radius 1 is 1.21 bits per heavy atom. The van der Waals surface area contributed by atoms with Crippen molar-refractivity contribution in [1.82, 2.24) is 5.32 Å². The quantitative estimate of drug-likeness (QED) is 0.700. The van der Waals surface area contributed by atoms with Gasteiger partial charge in [0, 0.05) is 5.54 Å². The van der Waals surface area contributed by atoms with Crippen molar-refractivity contribution in [2.45, 2.75) is 51.7 Å². The Labute approximate surface area is 85.2 Å². The van der Waals surface area contributed by atoms with Crippen molar-refractivity contribution in [3.05, 3.63) is 0 Å². The van der Waals surface area contributed by atoms with Gasteiger partial charge in [-0.2, -0.15) is 0 Å². The fourth-order valence-corrected chi connectivity index (χ4v) is 2.24. The summed E-state index contributed by atoms with van der Waals surface area (Å²) in [6, 6.07) is 0. The fourth-order valence-electron chi connectivity index (χ4n) is 2.24. The van der Waals surface area contributed by atoms with Crippen LogP contribution in [0.4, 0.5) is 4.79 Å². The first kappa shape index (κ1) is 9.81. The third kappa shape index (κ3) is 2.40. The molecule has 0 heterocycles. The molecule has 2 rings (SSSR count). The Balaban J connectivity index is 1.72. The number of carbonyl (C=O) groups excluding carboxylic acids is 1. The first-order chi connectivity index (χ1) is 6.44. The maximum absolute atomic E-state index is 11.4. The molecule has 0 aliphatic heterocycles. The van der Waals surface area contributed by atoms with Gasteiger partial charge >= 0.3 is 6.09 Å². The highest BCUT2D eigenvalue weighted by molar-refractivity contribution is 5.68. The number of ether oxygens (including phenoxy) is 1. The van der Waals surface area contributed by atoms with E-state index in [1.165, 1.54) is 6.42 Å². The Bertz CT molecular complexity index is 234. The lowest BCUT2D eigenvalue weighted by atomic mass is 10.1. The molecule has 3 nitrogen and oxygen atoms in total. The topological polar surface area (TPSA) is 38.3 Å². The van der Waals surface area contributed by atoms with Crippen LogP contribution in [0, 0.1) is 11.8 Å². The van der Waals surface area contributed by atoms with Gasteiger partial charge in [0.2, 0.25) is 0 Å². The van der Waals surface area contributed by atoms with E-state index in [-0.39, 0.29) is 17.7 Å². The summed E-state index contributed by atoms with van der Waals surface area (Å²) in [6.45, 7) is 5.88. The summed E-state index contributed by atoms with van der Waals surface area (Å²) in [5.41, 5.74) is -0.196. The van der Waals surface area contributed by atoms with Gasteiger partial charge in [0.1, 0.15) is 6.10 Å². The fraction of sp³-hybridized carbons (Fsp3) is 0.909. The molecule has 1 unspecified atom stereocenters. The maximum Gasteiger partial charge on any atom is 0.407 e. The first-order valence-corrected chi connectivity index (χ1v) is 5.43. The number of rotatable bonds is 1. The highest BCUT2D eigenvalue weighted by Gasteiger charge is 2.47. The Hall–Kier alpha value is -0.730. The van der Waals surface area contributed by atoms with Crippen LogP contribution < -0.4 is 5.32 Å². The molecule has 2 fully saturated rings. The first-order valence-electron chi connectivity index (χ1n) is 5.43. The van der Waals surface area contributed by atoms with E-state index in [0.717, 1.165) is 24.7 Å². The van der Waals surface area contributed by atoms with Crippen LogP contribution in [0.2, 0.25) is 0 Å². The van der Waals surface area contributed by atoms with E-state index in [0.29, 0.717) is 0 Å². The number of hydrogen-bond acceptors (Lipinski definition) is 2. The monoisotopic (exact) mass is 197 g/mol. The lowest BCUT2D eigenvalue weighted by Crippen LogP contribution is -2.42. The average molecular weight is 197 g/mol. The van der Waals surface area contributed by atoms with Gasteiger partial charge in [-0.3, -0.25) is 0 Å². The summed E-state index contributed by atoms with van der Waals surface area (Å²) in [5.74, 6) is 1.73. The summed E-state index contributed by atoms with van der Waals surface area (Å²) in [5, 5.41) is 2.81. The van der Waals surface area contributed by atoms with Gasteiger partial charge in [-0.15, -0.1) is 0 Å². The normalized spacial score (nSPS) is 34.9. The molecule has 2 aliphatic rings. The molecule has 80 valence electrons. The lowest BCUT2D eigenvalue weighted by molar-refractivity contribution is 0.0881. The zero-order chi connectivity index (χ0) is 10.3. The zero-order valence-corrected chi connectivity index (χ0v) is 9.17. The molecule has 3 atom stereocenters. The molecule has 0 aromatic carbocycles. The molecule has 0 saturated heterocycles. The Kier molecular flexibility index (Phi) is 2.20. The molecular formula is C11H19NO2. The molecule has 0 radical (unpaired) electrons. The second kappa shape index (κ2) is 3.14. The van der Waals surface area contributed by atoms with Crippen molar-refractivity contribution in [2.75, 3.05) is 0 Å². The minimum atomic E-state index is -0.260. The number of carbonyl (C=O) groups is 1. The van der Waals surface area contributed by atoms with Crippen molar-refractivity contribution >= 4 is 6.09 Å². The van der Waals surface area contributed by atoms with Gasteiger partial charge in [-0.1, -0.05) is 0 Å². The Morgan fingerprint density at radius 2 is 1.79 bits per heavy atom. The smallest absolute Gasteiger partial charge is 0.407 e. The molecule has 14 heavy (non-hydrogen) atoms. The summed E-state index contributed by atoms with van der Waals surface area (Å²) in [6.07, 6.45) is 3.45. The number of amides is 1. The van der Waals surface area contributed by atoms with Crippen LogP contribution in [0.5, 0.6) is 0 Å². The van der Waals surface area contributed by atoms with Crippen LogP contribution in [0.3, 0.4) is 0 Å². The van der Waals surface area contributed by atoms with E-state index in [1.807, 2.05) is 20.8 Å². The van der Waals surface area contributed by atoms with Gasteiger partial charge in [-0.05, 0) is 51.9 Å². The molecular weight excluding hydrogens is 178 g/mol. The number of fused-ring (bicyclic) bond motifs is 1. The van der Waals surface area contributed by atoms with E-state index in [9.17, 15) is 4.79 Å². The number of alkyl carbamates (subject to hydrolysis) is 1. The van der Waals surface area contributed by atoms with Crippen LogP contribution >= 0.6 is 0 Å². The van der Waals surface area contributed by atoms with Gasteiger partial charge in [0.05, 0.1) is 0 Å². The zero-order valence-electron chi connectivity index (χ0n) is 9.17. The van der Waals surface area contributed by atoms with Crippen LogP contribution in [-0.2, 0) is 4.74 Å². The van der Waals surface area contributed by atoms with E-state index < -0.39 is 0 Å². The summed E-state index contributed by atoms with van der Waals surface area (Å²) in [4.78, 5) is 11.4. The predicted molar refractivity (Wildman–Crippen MR) is 54.0 cm³/mol. The third-order valence-electron chi connectivity index (χ3n) is 2.95. The van der Waals surface area contributed by atoms with Crippen LogP contribution in [0.15, 0.2) is 0 Å². The summed E-state index contributed by atoms with van der Waals surface area (Å²) in [7, 11) is 0. The van der Waals surface area contributed by atoms with Crippen molar-refractivity contribution < 1.29 is 9.53 Å². The highest BCUT2D eigenvalue weighted by atomic mass is 16.6. The van der Waals surface area contributed by atoms with E-state index in [2.05, 4.69) is 5.32 Å². The van der Waals surface area contributed by atoms with Crippen molar-refractivity contribution in [3.8, 4) is 0 Å². The van der Waals surface area contributed by atoms with Crippen molar-refractivity contribution in [2.24, 2.45) is 11.8 Å². The largest absolute Gasteiger partial charge is 0.446 e. The third-order valence-corrected chi connectivity index (χ3v) is 2.95. The lowest BCUT2D eigenvalue weighted by Gasteiger charge is -2.22. The molecule has 0 spiro atoms. The molecule has 0 aromatic rings. The molecule has 1 amide bonds. The van der Waals surface area contributed by atoms with Crippen LogP contribution in [0.1, 0.15) is 40.0 Å². The van der Waals surface area contributed by atoms with Gasteiger partial charge < -0.3 is 10.1 Å².